The first-order valence-electron chi connectivity index (χ1n) is 5.87. The standard InChI is InChI=1S/C13H15NO6/c1-8(20-9-5-3-2-4-6-9)12(17)14-10(13(18)19)7-11(15)16/h2-6,8,10H,7H2,1H3,(H,14,17)(H,15,16)(H,18,19)/t8?,10-/m1/s1. The van der Waals surface area contributed by atoms with E-state index in [4.69, 9.17) is 14.9 Å². The number of hydrogen-bond acceptors (Lipinski definition) is 4. The van der Waals surface area contributed by atoms with Crippen molar-refractivity contribution in [3.63, 3.8) is 0 Å². The van der Waals surface area contributed by atoms with Gasteiger partial charge in [-0.1, -0.05) is 18.2 Å². The zero-order chi connectivity index (χ0) is 15.1. The quantitative estimate of drug-likeness (QED) is 0.670. The molecule has 7 nitrogen and oxygen atoms in total. The second kappa shape index (κ2) is 7.13. The van der Waals surface area contributed by atoms with Crippen LogP contribution in [0, 0.1) is 0 Å². The molecule has 0 aliphatic rings. The first-order valence-corrected chi connectivity index (χ1v) is 5.87. The highest BCUT2D eigenvalue weighted by atomic mass is 16.5. The largest absolute Gasteiger partial charge is 0.481 e. The highest BCUT2D eigenvalue weighted by Gasteiger charge is 2.26. The summed E-state index contributed by atoms with van der Waals surface area (Å²) in [5.41, 5.74) is 0. The topological polar surface area (TPSA) is 113 Å². The molecule has 0 fully saturated rings. The van der Waals surface area contributed by atoms with Crippen molar-refractivity contribution >= 4 is 17.8 Å². The summed E-state index contributed by atoms with van der Waals surface area (Å²) < 4.78 is 5.31. The minimum Gasteiger partial charge on any atom is -0.481 e. The number of amides is 1. The summed E-state index contributed by atoms with van der Waals surface area (Å²) in [6.45, 7) is 1.45. The van der Waals surface area contributed by atoms with Crippen LogP contribution in [0.5, 0.6) is 5.75 Å². The van der Waals surface area contributed by atoms with Crippen LogP contribution < -0.4 is 10.1 Å². The number of rotatable bonds is 7. The molecule has 1 amide bonds. The molecule has 0 spiro atoms. The molecule has 0 saturated heterocycles. The third-order valence-electron chi connectivity index (χ3n) is 2.42. The van der Waals surface area contributed by atoms with Crippen LogP contribution in [0.1, 0.15) is 13.3 Å². The maximum atomic E-state index is 11.8. The molecule has 1 unspecified atom stereocenters. The van der Waals surface area contributed by atoms with E-state index in [0.29, 0.717) is 5.75 Å². The Balaban J connectivity index is 2.59. The molecule has 1 aromatic carbocycles. The number of benzene rings is 1. The molecular weight excluding hydrogens is 266 g/mol. The molecule has 7 heteroatoms. The summed E-state index contributed by atoms with van der Waals surface area (Å²) in [7, 11) is 0. The monoisotopic (exact) mass is 281 g/mol. The number of carboxylic acid groups (broad SMARTS) is 2. The van der Waals surface area contributed by atoms with E-state index in [2.05, 4.69) is 5.32 Å². The second-order valence-corrected chi connectivity index (χ2v) is 4.07. The summed E-state index contributed by atoms with van der Waals surface area (Å²) in [5.74, 6) is -2.95. The molecule has 0 heterocycles. The molecular formula is C13H15NO6. The molecule has 3 N–H and O–H groups in total. The SMILES string of the molecule is CC(Oc1ccccc1)C(=O)N[C@H](CC(=O)O)C(=O)O. The lowest BCUT2D eigenvalue weighted by atomic mass is 10.2. The van der Waals surface area contributed by atoms with E-state index >= 15 is 0 Å². The van der Waals surface area contributed by atoms with Crippen molar-refractivity contribution < 1.29 is 29.3 Å². The fourth-order valence-corrected chi connectivity index (χ4v) is 1.42. The molecule has 2 atom stereocenters. The van der Waals surface area contributed by atoms with Gasteiger partial charge in [0.05, 0.1) is 6.42 Å². The van der Waals surface area contributed by atoms with Gasteiger partial charge >= 0.3 is 11.9 Å². The molecule has 0 bridgehead atoms. The number of carbonyl (C=O) groups is 3. The van der Waals surface area contributed by atoms with Gasteiger partial charge in [0.15, 0.2) is 6.10 Å². The van der Waals surface area contributed by atoms with Crippen LogP contribution >= 0.6 is 0 Å². The van der Waals surface area contributed by atoms with Gasteiger partial charge < -0.3 is 20.3 Å². The van der Waals surface area contributed by atoms with E-state index in [0.717, 1.165) is 0 Å². The Morgan fingerprint density at radius 2 is 1.80 bits per heavy atom. The predicted octanol–water partition coefficient (Wildman–Crippen LogP) is 0.498. The van der Waals surface area contributed by atoms with Gasteiger partial charge in [0.25, 0.3) is 5.91 Å². The van der Waals surface area contributed by atoms with Gasteiger partial charge in [-0.25, -0.2) is 4.79 Å². The van der Waals surface area contributed by atoms with Crippen LogP contribution in [0.4, 0.5) is 0 Å². The molecule has 0 aliphatic carbocycles. The minimum atomic E-state index is -1.48. The Morgan fingerprint density at radius 3 is 2.30 bits per heavy atom. The fourth-order valence-electron chi connectivity index (χ4n) is 1.42. The smallest absolute Gasteiger partial charge is 0.326 e. The van der Waals surface area contributed by atoms with Crippen molar-refractivity contribution in [3.05, 3.63) is 30.3 Å². The third kappa shape index (κ3) is 4.97. The lowest BCUT2D eigenvalue weighted by Crippen LogP contribution is -2.47. The number of aliphatic carboxylic acids is 2. The number of para-hydroxylation sites is 1. The maximum absolute atomic E-state index is 11.8. The molecule has 0 aromatic heterocycles. The summed E-state index contributed by atoms with van der Waals surface area (Å²) in [6.07, 6.45) is -1.63. The van der Waals surface area contributed by atoms with Crippen LogP contribution in [0.2, 0.25) is 0 Å². The summed E-state index contributed by atoms with van der Waals surface area (Å²) in [5, 5.41) is 19.5. The Morgan fingerprint density at radius 1 is 1.20 bits per heavy atom. The third-order valence-corrected chi connectivity index (χ3v) is 2.42. The zero-order valence-corrected chi connectivity index (χ0v) is 10.8. The molecule has 0 aliphatic heterocycles. The van der Waals surface area contributed by atoms with Gasteiger partial charge in [-0.3, -0.25) is 9.59 Å². The lowest BCUT2D eigenvalue weighted by molar-refractivity contribution is -0.147. The van der Waals surface area contributed by atoms with Crippen LogP contribution in [0.3, 0.4) is 0 Å². The van der Waals surface area contributed by atoms with Crippen LogP contribution in [-0.4, -0.2) is 40.2 Å². The molecule has 1 aromatic rings. The Kier molecular flexibility index (Phi) is 5.52. The lowest BCUT2D eigenvalue weighted by Gasteiger charge is -2.17. The number of nitrogens with one attached hydrogen (secondary N) is 1. The number of carbonyl (C=O) groups excluding carboxylic acids is 1. The van der Waals surface area contributed by atoms with Crippen LogP contribution in [-0.2, 0) is 14.4 Å². The van der Waals surface area contributed by atoms with Gasteiger partial charge in [-0.15, -0.1) is 0 Å². The Hall–Kier alpha value is -2.57. The first-order chi connectivity index (χ1) is 9.40. The molecule has 0 saturated carbocycles. The van der Waals surface area contributed by atoms with E-state index in [1.807, 2.05) is 0 Å². The fraction of sp³-hybridized carbons (Fsp3) is 0.308. The van der Waals surface area contributed by atoms with E-state index in [1.54, 1.807) is 30.3 Å². The normalized spacial score (nSPS) is 13.1. The van der Waals surface area contributed by atoms with Crippen molar-refractivity contribution in [2.24, 2.45) is 0 Å². The minimum absolute atomic E-state index is 0.459. The molecule has 1 rings (SSSR count). The molecule has 0 radical (unpaired) electrons. The van der Waals surface area contributed by atoms with E-state index < -0.39 is 36.4 Å². The summed E-state index contributed by atoms with van der Waals surface area (Å²) >= 11 is 0. The van der Waals surface area contributed by atoms with Crippen LogP contribution in [0.15, 0.2) is 30.3 Å². The number of hydrogen-bond donors (Lipinski definition) is 3. The van der Waals surface area contributed by atoms with E-state index in [1.165, 1.54) is 6.92 Å². The summed E-state index contributed by atoms with van der Waals surface area (Å²) in [4.78, 5) is 33.1. The second-order valence-electron chi connectivity index (χ2n) is 4.07. The van der Waals surface area contributed by atoms with Gasteiger partial charge in [0.2, 0.25) is 0 Å². The average molecular weight is 281 g/mol. The van der Waals surface area contributed by atoms with Crippen molar-refractivity contribution in [1.82, 2.24) is 5.32 Å². The average Bonchev–Trinajstić information content (AvgIpc) is 2.38. The predicted molar refractivity (Wildman–Crippen MR) is 68.4 cm³/mol. The van der Waals surface area contributed by atoms with E-state index in [-0.39, 0.29) is 0 Å². The van der Waals surface area contributed by atoms with Gasteiger partial charge in [0, 0.05) is 0 Å². The Bertz CT molecular complexity index is 487. The molecule has 20 heavy (non-hydrogen) atoms. The van der Waals surface area contributed by atoms with Gasteiger partial charge in [0.1, 0.15) is 11.8 Å². The number of ether oxygens (including phenoxy) is 1. The van der Waals surface area contributed by atoms with E-state index in [9.17, 15) is 14.4 Å². The first kappa shape index (κ1) is 15.5. The van der Waals surface area contributed by atoms with Crippen LogP contribution in [0.25, 0.3) is 0 Å². The Labute approximate surface area is 115 Å². The number of carboxylic acids is 2. The molecule has 108 valence electrons. The maximum Gasteiger partial charge on any atom is 0.326 e. The van der Waals surface area contributed by atoms with Crippen molar-refractivity contribution in [2.45, 2.75) is 25.5 Å². The van der Waals surface area contributed by atoms with Crippen molar-refractivity contribution in [2.75, 3.05) is 0 Å². The van der Waals surface area contributed by atoms with Crippen molar-refractivity contribution in [1.29, 1.82) is 0 Å². The highest BCUT2D eigenvalue weighted by Crippen LogP contribution is 2.10. The zero-order valence-electron chi connectivity index (χ0n) is 10.8. The summed E-state index contributed by atoms with van der Waals surface area (Å²) in [6, 6.07) is 7.05. The highest BCUT2D eigenvalue weighted by molar-refractivity contribution is 5.88. The van der Waals surface area contributed by atoms with Gasteiger partial charge in [-0.2, -0.15) is 0 Å². The van der Waals surface area contributed by atoms with Gasteiger partial charge in [-0.05, 0) is 19.1 Å². The van der Waals surface area contributed by atoms with Crippen molar-refractivity contribution in [3.8, 4) is 5.75 Å².